The van der Waals surface area contributed by atoms with Crippen molar-refractivity contribution >= 4 is 0 Å². The van der Waals surface area contributed by atoms with E-state index in [4.69, 9.17) is 4.74 Å². The van der Waals surface area contributed by atoms with Crippen molar-refractivity contribution in [3.8, 4) is 5.75 Å². The maximum absolute atomic E-state index is 13.7. The lowest BCUT2D eigenvalue weighted by molar-refractivity contribution is 0.267. The zero-order valence-electron chi connectivity index (χ0n) is 10.9. The molecular formula is C15H14F3NO. The van der Waals surface area contributed by atoms with Gasteiger partial charge in [-0.3, -0.25) is 0 Å². The van der Waals surface area contributed by atoms with Gasteiger partial charge in [-0.15, -0.1) is 0 Å². The Morgan fingerprint density at radius 1 is 1.10 bits per heavy atom. The molecule has 1 atom stereocenters. The van der Waals surface area contributed by atoms with Crippen LogP contribution in [0.1, 0.15) is 11.6 Å². The Balaban J connectivity index is 2.11. The van der Waals surface area contributed by atoms with E-state index in [1.54, 1.807) is 13.1 Å². The van der Waals surface area contributed by atoms with Gasteiger partial charge in [0.15, 0.2) is 11.6 Å². The van der Waals surface area contributed by atoms with E-state index in [1.165, 1.54) is 30.3 Å². The van der Waals surface area contributed by atoms with Crippen LogP contribution in [0, 0.1) is 17.5 Å². The Labute approximate surface area is 115 Å². The summed E-state index contributed by atoms with van der Waals surface area (Å²) in [7, 11) is 1.62. The van der Waals surface area contributed by atoms with Crippen molar-refractivity contribution < 1.29 is 17.9 Å². The van der Waals surface area contributed by atoms with Gasteiger partial charge in [-0.25, -0.2) is 13.2 Å². The van der Waals surface area contributed by atoms with Crippen LogP contribution in [0.5, 0.6) is 5.75 Å². The van der Waals surface area contributed by atoms with Crippen molar-refractivity contribution in [1.82, 2.24) is 5.32 Å². The van der Waals surface area contributed by atoms with E-state index in [0.717, 1.165) is 6.07 Å². The third-order valence-electron chi connectivity index (χ3n) is 2.92. The highest BCUT2D eigenvalue weighted by molar-refractivity contribution is 5.25. The SMILES string of the molecule is CNC(COc1cccc(F)c1)c1cccc(F)c1F. The molecule has 0 spiro atoms. The summed E-state index contributed by atoms with van der Waals surface area (Å²) in [6, 6.07) is 9.07. The average Bonchev–Trinajstić information content (AvgIpc) is 2.44. The van der Waals surface area contributed by atoms with Gasteiger partial charge in [0, 0.05) is 11.6 Å². The molecule has 0 bridgehead atoms. The Morgan fingerprint density at radius 2 is 1.85 bits per heavy atom. The topological polar surface area (TPSA) is 21.3 Å². The minimum atomic E-state index is -0.909. The van der Waals surface area contributed by atoms with E-state index in [0.29, 0.717) is 5.75 Å². The van der Waals surface area contributed by atoms with Crippen LogP contribution in [-0.4, -0.2) is 13.7 Å². The zero-order chi connectivity index (χ0) is 14.5. The maximum atomic E-state index is 13.7. The molecular weight excluding hydrogens is 267 g/mol. The molecule has 2 aromatic carbocycles. The molecule has 0 fully saturated rings. The fourth-order valence-electron chi connectivity index (χ4n) is 1.85. The molecule has 20 heavy (non-hydrogen) atoms. The van der Waals surface area contributed by atoms with Crippen LogP contribution in [0.3, 0.4) is 0 Å². The van der Waals surface area contributed by atoms with Gasteiger partial charge in [0.25, 0.3) is 0 Å². The molecule has 0 heterocycles. The van der Waals surface area contributed by atoms with Crippen molar-refractivity contribution in [2.75, 3.05) is 13.7 Å². The number of likely N-dealkylation sites (N-methyl/N-ethyl adjacent to an activating group) is 1. The van der Waals surface area contributed by atoms with Gasteiger partial charge in [0.2, 0.25) is 0 Å². The number of hydrogen-bond donors (Lipinski definition) is 1. The number of halogens is 3. The third-order valence-corrected chi connectivity index (χ3v) is 2.92. The summed E-state index contributed by atoms with van der Waals surface area (Å²) in [4.78, 5) is 0. The molecule has 2 nitrogen and oxygen atoms in total. The predicted molar refractivity (Wildman–Crippen MR) is 70.1 cm³/mol. The number of ether oxygens (including phenoxy) is 1. The fraction of sp³-hybridized carbons (Fsp3) is 0.200. The first-order valence-corrected chi connectivity index (χ1v) is 6.11. The summed E-state index contributed by atoms with van der Waals surface area (Å²) in [6.45, 7) is 0.0559. The summed E-state index contributed by atoms with van der Waals surface area (Å²) in [6.07, 6.45) is 0. The molecule has 1 unspecified atom stereocenters. The second-order valence-electron chi connectivity index (χ2n) is 4.25. The van der Waals surface area contributed by atoms with Crippen molar-refractivity contribution in [3.05, 3.63) is 65.5 Å². The normalized spacial score (nSPS) is 12.2. The van der Waals surface area contributed by atoms with Crippen molar-refractivity contribution in [1.29, 1.82) is 0 Å². The van der Waals surface area contributed by atoms with Gasteiger partial charge < -0.3 is 10.1 Å². The Morgan fingerprint density at radius 3 is 2.55 bits per heavy atom. The average molecular weight is 281 g/mol. The van der Waals surface area contributed by atoms with Crippen molar-refractivity contribution in [2.45, 2.75) is 6.04 Å². The van der Waals surface area contributed by atoms with E-state index >= 15 is 0 Å². The Bertz CT molecular complexity index is 589. The van der Waals surface area contributed by atoms with E-state index < -0.39 is 23.5 Å². The number of rotatable bonds is 5. The van der Waals surface area contributed by atoms with E-state index in [1.807, 2.05) is 0 Å². The van der Waals surface area contributed by atoms with Gasteiger partial charge in [-0.1, -0.05) is 18.2 Å². The highest BCUT2D eigenvalue weighted by Crippen LogP contribution is 2.21. The lowest BCUT2D eigenvalue weighted by Crippen LogP contribution is -2.24. The van der Waals surface area contributed by atoms with Crippen molar-refractivity contribution in [2.24, 2.45) is 0 Å². The van der Waals surface area contributed by atoms with Crippen LogP contribution in [0.2, 0.25) is 0 Å². The standard InChI is InChI=1S/C15H14F3NO/c1-19-14(12-6-3-7-13(17)15(12)18)9-20-11-5-2-4-10(16)8-11/h2-8,14,19H,9H2,1H3. The molecule has 1 N–H and O–H groups in total. The molecule has 0 radical (unpaired) electrons. The van der Waals surface area contributed by atoms with Crippen molar-refractivity contribution in [3.63, 3.8) is 0 Å². The lowest BCUT2D eigenvalue weighted by Gasteiger charge is -2.18. The quantitative estimate of drug-likeness (QED) is 0.906. The molecule has 106 valence electrons. The zero-order valence-corrected chi connectivity index (χ0v) is 10.9. The third kappa shape index (κ3) is 3.30. The molecule has 0 aliphatic carbocycles. The van der Waals surface area contributed by atoms with Crippen LogP contribution < -0.4 is 10.1 Å². The van der Waals surface area contributed by atoms with Crippen LogP contribution >= 0.6 is 0 Å². The van der Waals surface area contributed by atoms with Crippen LogP contribution in [0.15, 0.2) is 42.5 Å². The van der Waals surface area contributed by atoms with Crippen LogP contribution in [0.25, 0.3) is 0 Å². The molecule has 5 heteroatoms. The van der Waals surface area contributed by atoms with Crippen LogP contribution in [-0.2, 0) is 0 Å². The summed E-state index contributed by atoms with van der Waals surface area (Å²) in [5.74, 6) is -1.90. The minimum Gasteiger partial charge on any atom is -0.491 e. The number of hydrogen-bond acceptors (Lipinski definition) is 2. The Hall–Kier alpha value is -2.01. The number of benzene rings is 2. The summed E-state index contributed by atoms with van der Waals surface area (Å²) in [5.41, 5.74) is 0.170. The van der Waals surface area contributed by atoms with Gasteiger partial charge in [0.1, 0.15) is 18.2 Å². The predicted octanol–water partition coefficient (Wildman–Crippen LogP) is 3.44. The summed E-state index contributed by atoms with van der Waals surface area (Å²) >= 11 is 0. The monoisotopic (exact) mass is 281 g/mol. The van der Waals surface area contributed by atoms with E-state index in [-0.39, 0.29) is 12.2 Å². The second-order valence-corrected chi connectivity index (χ2v) is 4.25. The largest absolute Gasteiger partial charge is 0.491 e. The highest BCUT2D eigenvalue weighted by atomic mass is 19.2. The molecule has 2 aromatic rings. The summed E-state index contributed by atoms with van der Waals surface area (Å²) in [5, 5.41) is 2.85. The first kappa shape index (κ1) is 14.4. The first-order chi connectivity index (χ1) is 9.61. The molecule has 0 saturated carbocycles. The van der Waals surface area contributed by atoms with Gasteiger partial charge in [0.05, 0.1) is 6.04 Å². The Kier molecular flexibility index (Phi) is 4.63. The number of nitrogens with one attached hydrogen (secondary N) is 1. The molecule has 0 aliphatic rings. The smallest absolute Gasteiger partial charge is 0.163 e. The molecule has 0 aliphatic heterocycles. The maximum Gasteiger partial charge on any atom is 0.163 e. The van der Waals surface area contributed by atoms with Gasteiger partial charge in [-0.05, 0) is 25.2 Å². The van der Waals surface area contributed by atoms with E-state index in [2.05, 4.69) is 5.32 Å². The van der Waals surface area contributed by atoms with Gasteiger partial charge in [-0.2, -0.15) is 0 Å². The molecule has 0 aromatic heterocycles. The molecule has 0 amide bonds. The minimum absolute atomic E-state index is 0.0559. The summed E-state index contributed by atoms with van der Waals surface area (Å²) < 4.78 is 45.3. The molecule has 0 saturated heterocycles. The van der Waals surface area contributed by atoms with Gasteiger partial charge >= 0.3 is 0 Å². The fourth-order valence-corrected chi connectivity index (χ4v) is 1.85. The van der Waals surface area contributed by atoms with Crippen LogP contribution in [0.4, 0.5) is 13.2 Å². The van der Waals surface area contributed by atoms with E-state index in [9.17, 15) is 13.2 Å². The highest BCUT2D eigenvalue weighted by Gasteiger charge is 2.17. The second kappa shape index (κ2) is 6.43. The molecule has 2 rings (SSSR count). The first-order valence-electron chi connectivity index (χ1n) is 6.11. The lowest BCUT2D eigenvalue weighted by atomic mass is 10.1.